The van der Waals surface area contributed by atoms with Crippen molar-refractivity contribution < 1.29 is 9.13 Å². The van der Waals surface area contributed by atoms with Gasteiger partial charge in [0.25, 0.3) is 0 Å². The van der Waals surface area contributed by atoms with E-state index in [2.05, 4.69) is 15.5 Å². The second-order valence-electron chi connectivity index (χ2n) is 3.36. The number of benzene rings is 1. The molecule has 2 aromatic rings. The topological polar surface area (TPSA) is 78.9 Å². The van der Waals surface area contributed by atoms with Crippen LogP contribution in [0.25, 0.3) is 11.4 Å². The van der Waals surface area contributed by atoms with E-state index in [1.54, 1.807) is 16.8 Å². The van der Waals surface area contributed by atoms with Crippen molar-refractivity contribution in [1.29, 1.82) is 0 Å². The minimum atomic E-state index is -0.422. The number of aromatic nitrogens is 4. The average Bonchev–Trinajstić information content (AvgIpc) is 2.78. The van der Waals surface area contributed by atoms with Gasteiger partial charge in [0.2, 0.25) is 0 Å². The molecule has 1 heterocycles. The molecule has 0 aliphatic rings. The van der Waals surface area contributed by atoms with Gasteiger partial charge in [-0.25, -0.2) is 9.07 Å². The molecule has 17 heavy (non-hydrogen) atoms. The molecule has 0 bridgehead atoms. The first-order chi connectivity index (χ1) is 8.26. The van der Waals surface area contributed by atoms with Crippen LogP contribution in [0.5, 0.6) is 5.75 Å². The molecule has 6 nitrogen and oxygen atoms in total. The van der Waals surface area contributed by atoms with E-state index in [1.165, 1.54) is 13.2 Å². The third-order valence-electron chi connectivity index (χ3n) is 2.28. The van der Waals surface area contributed by atoms with Crippen LogP contribution in [0.2, 0.25) is 0 Å². The Balaban J connectivity index is 2.42. The Bertz CT molecular complexity index is 513. The van der Waals surface area contributed by atoms with Crippen molar-refractivity contribution in [3.05, 3.63) is 24.0 Å². The summed E-state index contributed by atoms with van der Waals surface area (Å²) in [7, 11) is 1.41. The lowest BCUT2D eigenvalue weighted by Gasteiger charge is -2.05. The molecule has 0 radical (unpaired) electrons. The summed E-state index contributed by atoms with van der Waals surface area (Å²) in [6.45, 7) is 0.929. The van der Waals surface area contributed by atoms with E-state index in [0.717, 1.165) is 0 Å². The number of nitrogens with zero attached hydrogens (tertiary/aromatic N) is 4. The third kappa shape index (κ3) is 2.23. The van der Waals surface area contributed by atoms with Crippen LogP contribution in [0.1, 0.15) is 0 Å². The maximum absolute atomic E-state index is 13.3. The van der Waals surface area contributed by atoms with Crippen molar-refractivity contribution in [2.45, 2.75) is 6.54 Å². The van der Waals surface area contributed by atoms with Crippen LogP contribution < -0.4 is 10.5 Å². The van der Waals surface area contributed by atoms with E-state index in [0.29, 0.717) is 24.5 Å². The Morgan fingerprint density at radius 1 is 1.47 bits per heavy atom. The van der Waals surface area contributed by atoms with Gasteiger partial charge in [0, 0.05) is 12.1 Å². The fraction of sp³-hybridized carbons (Fsp3) is 0.300. The maximum Gasteiger partial charge on any atom is 0.182 e. The lowest BCUT2D eigenvalue weighted by atomic mass is 10.2. The Hall–Kier alpha value is -2.02. The van der Waals surface area contributed by atoms with Crippen LogP contribution in [0.3, 0.4) is 0 Å². The zero-order valence-electron chi connectivity index (χ0n) is 9.30. The second kappa shape index (κ2) is 4.88. The standard InChI is InChI=1S/C10H12FN5O/c1-17-9-6-7(2-3-8(9)11)10-13-14-15-16(10)5-4-12/h2-3,6H,4-5,12H2,1H3. The predicted molar refractivity (Wildman–Crippen MR) is 58.8 cm³/mol. The number of ether oxygens (including phenoxy) is 1. The number of hydrogen-bond acceptors (Lipinski definition) is 5. The normalized spacial score (nSPS) is 10.5. The van der Waals surface area contributed by atoms with Gasteiger partial charge in [-0.3, -0.25) is 0 Å². The lowest BCUT2D eigenvalue weighted by Crippen LogP contribution is -2.12. The molecule has 0 saturated heterocycles. The van der Waals surface area contributed by atoms with Gasteiger partial charge in [0.1, 0.15) is 0 Å². The van der Waals surface area contributed by atoms with Gasteiger partial charge in [-0.2, -0.15) is 0 Å². The Morgan fingerprint density at radius 2 is 2.29 bits per heavy atom. The van der Waals surface area contributed by atoms with Crippen molar-refractivity contribution in [3.8, 4) is 17.1 Å². The highest BCUT2D eigenvalue weighted by molar-refractivity contribution is 5.57. The molecule has 0 fully saturated rings. The van der Waals surface area contributed by atoms with E-state index in [4.69, 9.17) is 10.5 Å². The molecule has 0 spiro atoms. The first-order valence-electron chi connectivity index (χ1n) is 5.06. The zero-order chi connectivity index (χ0) is 12.3. The summed E-state index contributed by atoms with van der Waals surface area (Å²) < 4.78 is 19.7. The van der Waals surface area contributed by atoms with Crippen molar-refractivity contribution in [1.82, 2.24) is 20.2 Å². The van der Waals surface area contributed by atoms with Gasteiger partial charge in [-0.05, 0) is 28.6 Å². The minimum absolute atomic E-state index is 0.157. The molecule has 0 aliphatic carbocycles. The molecule has 0 aliphatic heterocycles. The molecule has 1 aromatic carbocycles. The molecule has 1 aromatic heterocycles. The van der Waals surface area contributed by atoms with Crippen LogP contribution in [0.4, 0.5) is 4.39 Å². The Labute approximate surface area is 97.2 Å². The van der Waals surface area contributed by atoms with E-state index >= 15 is 0 Å². The summed E-state index contributed by atoms with van der Waals surface area (Å²) in [5.74, 6) is 0.271. The number of methoxy groups -OCH3 is 1. The zero-order valence-corrected chi connectivity index (χ0v) is 9.30. The minimum Gasteiger partial charge on any atom is -0.494 e. The second-order valence-corrected chi connectivity index (χ2v) is 3.36. The highest BCUT2D eigenvalue weighted by atomic mass is 19.1. The molecule has 0 unspecified atom stereocenters. The number of tetrazole rings is 1. The first-order valence-corrected chi connectivity index (χ1v) is 5.06. The summed E-state index contributed by atoms with van der Waals surface area (Å²) in [6.07, 6.45) is 0. The van der Waals surface area contributed by atoms with Gasteiger partial charge in [-0.15, -0.1) is 5.10 Å². The summed E-state index contributed by atoms with van der Waals surface area (Å²) in [6, 6.07) is 4.46. The Kier molecular flexibility index (Phi) is 3.29. The number of rotatable bonds is 4. The number of hydrogen-bond donors (Lipinski definition) is 1. The van der Waals surface area contributed by atoms with E-state index < -0.39 is 5.82 Å². The van der Waals surface area contributed by atoms with E-state index in [1.807, 2.05) is 0 Å². The van der Waals surface area contributed by atoms with Gasteiger partial charge in [0.15, 0.2) is 17.4 Å². The molecule has 90 valence electrons. The fourth-order valence-corrected chi connectivity index (χ4v) is 1.48. The van der Waals surface area contributed by atoms with Gasteiger partial charge in [0.05, 0.1) is 13.7 Å². The molecule has 2 rings (SSSR count). The maximum atomic E-state index is 13.3. The monoisotopic (exact) mass is 237 g/mol. The number of halogens is 1. The van der Waals surface area contributed by atoms with Gasteiger partial charge >= 0.3 is 0 Å². The third-order valence-corrected chi connectivity index (χ3v) is 2.28. The quantitative estimate of drug-likeness (QED) is 0.835. The van der Waals surface area contributed by atoms with Crippen LogP contribution >= 0.6 is 0 Å². The predicted octanol–water partition coefficient (Wildman–Crippen LogP) is 0.446. The van der Waals surface area contributed by atoms with Crippen molar-refractivity contribution in [2.75, 3.05) is 13.7 Å². The van der Waals surface area contributed by atoms with Crippen LogP contribution in [-0.4, -0.2) is 33.9 Å². The SMILES string of the molecule is COc1cc(-c2nnnn2CCN)ccc1F. The average molecular weight is 237 g/mol. The van der Waals surface area contributed by atoms with Crippen molar-refractivity contribution in [3.63, 3.8) is 0 Å². The van der Waals surface area contributed by atoms with Gasteiger partial charge in [-0.1, -0.05) is 0 Å². The highest BCUT2D eigenvalue weighted by Crippen LogP contribution is 2.24. The van der Waals surface area contributed by atoms with Gasteiger partial charge < -0.3 is 10.5 Å². The molecule has 0 saturated carbocycles. The summed E-state index contributed by atoms with van der Waals surface area (Å²) in [5.41, 5.74) is 6.13. The first kappa shape index (κ1) is 11.5. The lowest BCUT2D eigenvalue weighted by molar-refractivity contribution is 0.386. The van der Waals surface area contributed by atoms with E-state index in [-0.39, 0.29) is 5.75 Å². The molecule has 0 atom stereocenters. The number of nitrogens with two attached hydrogens (primary N) is 1. The van der Waals surface area contributed by atoms with Crippen LogP contribution in [-0.2, 0) is 6.54 Å². The molecule has 0 amide bonds. The molecular weight excluding hydrogens is 225 g/mol. The molecular formula is C10H12FN5O. The molecule has 2 N–H and O–H groups in total. The van der Waals surface area contributed by atoms with Crippen molar-refractivity contribution in [2.24, 2.45) is 5.73 Å². The summed E-state index contributed by atoms with van der Waals surface area (Å²) in [4.78, 5) is 0. The fourth-order valence-electron chi connectivity index (χ4n) is 1.48. The van der Waals surface area contributed by atoms with Crippen molar-refractivity contribution >= 4 is 0 Å². The summed E-state index contributed by atoms with van der Waals surface area (Å²) in [5, 5.41) is 11.2. The van der Waals surface area contributed by atoms with Crippen LogP contribution in [0.15, 0.2) is 18.2 Å². The Morgan fingerprint density at radius 3 is 3.00 bits per heavy atom. The smallest absolute Gasteiger partial charge is 0.182 e. The summed E-state index contributed by atoms with van der Waals surface area (Å²) >= 11 is 0. The highest BCUT2D eigenvalue weighted by Gasteiger charge is 2.11. The van der Waals surface area contributed by atoms with E-state index in [9.17, 15) is 4.39 Å². The largest absolute Gasteiger partial charge is 0.494 e. The molecule has 7 heteroatoms. The van der Waals surface area contributed by atoms with Crippen LogP contribution in [0, 0.1) is 5.82 Å².